The number of amides is 3. The molecule has 25 heavy (non-hydrogen) atoms. The van der Waals surface area contributed by atoms with Crippen LogP contribution in [0, 0.1) is 10.1 Å². The monoisotopic (exact) mass is 369 g/mol. The molecular formula is C15H19N3O6S. The largest absolute Gasteiger partial charge is 0.455 e. The number of non-ortho nitro benzene ring substituents is 1. The van der Waals surface area contributed by atoms with E-state index in [-0.39, 0.29) is 5.69 Å². The standard InChI is InChI=1S/C15H19N3O6S/c1-3-8-16-15(21)17-13(19)9-24-14(20)10(2)25-12-6-4-11(5-7-12)18(22)23/h4-7,10H,3,8-9H2,1-2H3,(H2,16,17,19,21). The number of esters is 1. The van der Waals surface area contributed by atoms with Crippen LogP contribution < -0.4 is 10.6 Å². The Kier molecular flexibility index (Phi) is 8.40. The van der Waals surface area contributed by atoms with E-state index in [2.05, 4.69) is 5.32 Å². The smallest absolute Gasteiger partial charge is 0.321 e. The number of imide groups is 1. The maximum Gasteiger partial charge on any atom is 0.321 e. The average molecular weight is 369 g/mol. The molecule has 1 rings (SSSR count). The van der Waals surface area contributed by atoms with Crippen molar-refractivity contribution >= 4 is 35.4 Å². The molecule has 0 radical (unpaired) electrons. The number of hydrogen-bond donors (Lipinski definition) is 2. The van der Waals surface area contributed by atoms with Crippen molar-refractivity contribution in [2.24, 2.45) is 0 Å². The third kappa shape index (κ3) is 7.66. The molecule has 0 saturated carbocycles. The van der Waals surface area contributed by atoms with Gasteiger partial charge < -0.3 is 10.1 Å². The highest BCUT2D eigenvalue weighted by Gasteiger charge is 2.18. The maximum atomic E-state index is 11.9. The Labute approximate surface area is 148 Å². The summed E-state index contributed by atoms with van der Waals surface area (Å²) in [4.78, 5) is 45.3. The van der Waals surface area contributed by atoms with E-state index in [0.29, 0.717) is 11.4 Å². The Bertz CT molecular complexity index is 635. The molecule has 0 fully saturated rings. The zero-order valence-electron chi connectivity index (χ0n) is 13.8. The number of thioether (sulfide) groups is 1. The molecule has 0 aliphatic rings. The highest BCUT2D eigenvalue weighted by molar-refractivity contribution is 8.00. The van der Waals surface area contributed by atoms with Crippen LogP contribution >= 0.6 is 11.8 Å². The minimum Gasteiger partial charge on any atom is -0.455 e. The van der Waals surface area contributed by atoms with E-state index >= 15 is 0 Å². The van der Waals surface area contributed by atoms with Crippen LogP contribution in [-0.4, -0.2) is 41.2 Å². The number of carbonyl (C=O) groups excluding carboxylic acids is 3. The van der Waals surface area contributed by atoms with Crippen molar-refractivity contribution < 1.29 is 24.0 Å². The second-order valence-electron chi connectivity index (χ2n) is 4.92. The van der Waals surface area contributed by atoms with Crippen LogP contribution in [0.2, 0.25) is 0 Å². The first-order valence-electron chi connectivity index (χ1n) is 7.49. The number of rotatable bonds is 8. The van der Waals surface area contributed by atoms with Crippen LogP contribution in [0.25, 0.3) is 0 Å². The van der Waals surface area contributed by atoms with Crippen molar-refractivity contribution in [2.75, 3.05) is 13.2 Å². The van der Waals surface area contributed by atoms with Gasteiger partial charge in [0.05, 0.1) is 4.92 Å². The minimum atomic E-state index is -0.727. The lowest BCUT2D eigenvalue weighted by Gasteiger charge is -2.11. The highest BCUT2D eigenvalue weighted by Crippen LogP contribution is 2.25. The quantitative estimate of drug-likeness (QED) is 0.310. The van der Waals surface area contributed by atoms with E-state index in [0.717, 1.165) is 18.2 Å². The van der Waals surface area contributed by atoms with Gasteiger partial charge in [-0.05, 0) is 25.5 Å². The Balaban J connectivity index is 2.39. The number of nitrogens with zero attached hydrogens (tertiary/aromatic N) is 1. The fraction of sp³-hybridized carbons (Fsp3) is 0.400. The van der Waals surface area contributed by atoms with Crippen LogP contribution in [0.4, 0.5) is 10.5 Å². The van der Waals surface area contributed by atoms with Gasteiger partial charge in [0, 0.05) is 23.6 Å². The van der Waals surface area contributed by atoms with E-state index in [1.807, 2.05) is 12.2 Å². The summed E-state index contributed by atoms with van der Waals surface area (Å²) in [6.45, 7) is 3.32. The van der Waals surface area contributed by atoms with Crippen molar-refractivity contribution in [3.63, 3.8) is 0 Å². The van der Waals surface area contributed by atoms with Crippen molar-refractivity contribution in [1.82, 2.24) is 10.6 Å². The van der Waals surface area contributed by atoms with Crippen LogP contribution in [0.5, 0.6) is 0 Å². The van der Waals surface area contributed by atoms with E-state index in [1.165, 1.54) is 24.3 Å². The van der Waals surface area contributed by atoms with Gasteiger partial charge in [-0.3, -0.25) is 25.0 Å². The minimum absolute atomic E-state index is 0.0439. The van der Waals surface area contributed by atoms with Gasteiger partial charge in [0.2, 0.25) is 0 Å². The van der Waals surface area contributed by atoms with E-state index in [4.69, 9.17) is 4.74 Å². The Morgan fingerprint density at radius 1 is 1.28 bits per heavy atom. The van der Waals surface area contributed by atoms with Crippen molar-refractivity contribution in [3.05, 3.63) is 34.4 Å². The van der Waals surface area contributed by atoms with Gasteiger partial charge in [-0.2, -0.15) is 0 Å². The van der Waals surface area contributed by atoms with Gasteiger partial charge in [0.1, 0.15) is 5.25 Å². The molecule has 1 aromatic carbocycles. The zero-order chi connectivity index (χ0) is 18.8. The molecule has 136 valence electrons. The predicted molar refractivity (Wildman–Crippen MR) is 91.2 cm³/mol. The molecule has 0 spiro atoms. The van der Waals surface area contributed by atoms with Gasteiger partial charge in [-0.25, -0.2) is 4.79 Å². The molecule has 0 bridgehead atoms. The van der Waals surface area contributed by atoms with Crippen LogP contribution in [0.1, 0.15) is 20.3 Å². The summed E-state index contributed by atoms with van der Waals surface area (Å²) in [5.74, 6) is -1.36. The zero-order valence-corrected chi connectivity index (χ0v) is 14.6. The second-order valence-corrected chi connectivity index (χ2v) is 6.34. The normalized spacial score (nSPS) is 11.3. The van der Waals surface area contributed by atoms with Crippen LogP contribution in [-0.2, 0) is 14.3 Å². The van der Waals surface area contributed by atoms with E-state index in [1.54, 1.807) is 6.92 Å². The molecule has 2 N–H and O–H groups in total. The summed E-state index contributed by atoms with van der Waals surface area (Å²) >= 11 is 1.14. The third-order valence-electron chi connectivity index (χ3n) is 2.83. The average Bonchev–Trinajstić information content (AvgIpc) is 2.58. The number of nitro groups is 1. The number of nitro benzene ring substituents is 1. The Morgan fingerprint density at radius 3 is 2.48 bits per heavy atom. The molecule has 0 aromatic heterocycles. The van der Waals surface area contributed by atoms with Crippen LogP contribution in [0.15, 0.2) is 29.2 Å². The van der Waals surface area contributed by atoms with Gasteiger partial charge in [-0.15, -0.1) is 11.8 Å². The van der Waals surface area contributed by atoms with Crippen molar-refractivity contribution in [1.29, 1.82) is 0 Å². The third-order valence-corrected chi connectivity index (χ3v) is 3.92. The summed E-state index contributed by atoms with van der Waals surface area (Å²) < 4.78 is 4.85. The number of hydrogen-bond acceptors (Lipinski definition) is 7. The van der Waals surface area contributed by atoms with Gasteiger partial charge in [-0.1, -0.05) is 6.92 Å². The molecule has 1 atom stereocenters. The van der Waals surface area contributed by atoms with Gasteiger partial charge in [0.25, 0.3) is 11.6 Å². The number of nitrogens with one attached hydrogen (secondary N) is 2. The highest BCUT2D eigenvalue weighted by atomic mass is 32.2. The first-order chi connectivity index (χ1) is 11.8. The lowest BCUT2D eigenvalue weighted by atomic mass is 10.3. The summed E-state index contributed by atoms with van der Waals surface area (Å²) in [6, 6.07) is 5.08. The molecule has 0 aliphatic carbocycles. The molecule has 3 amide bonds. The van der Waals surface area contributed by atoms with E-state index < -0.39 is 34.7 Å². The summed E-state index contributed by atoms with van der Waals surface area (Å²) in [5, 5.41) is 14.5. The molecule has 0 saturated heterocycles. The number of ether oxygens (including phenoxy) is 1. The van der Waals surface area contributed by atoms with Gasteiger partial charge >= 0.3 is 12.0 Å². The number of benzene rings is 1. The lowest BCUT2D eigenvalue weighted by molar-refractivity contribution is -0.384. The Morgan fingerprint density at radius 2 is 1.92 bits per heavy atom. The molecule has 1 aromatic rings. The summed E-state index contributed by atoms with van der Waals surface area (Å²) in [6.07, 6.45) is 0.730. The molecule has 1 unspecified atom stereocenters. The van der Waals surface area contributed by atoms with Gasteiger partial charge in [0.15, 0.2) is 6.61 Å². The summed E-state index contributed by atoms with van der Waals surface area (Å²) in [7, 11) is 0. The van der Waals surface area contributed by atoms with E-state index in [9.17, 15) is 24.5 Å². The first-order valence-corrected chi connectivity index (χ1v) is 8.37. The first kappa shape index (κ1) is 20.4. The molecule has 0 heterocycles. The second kappa shape index (κ2) is 10.3. The molecule has 9 nitrogen and oxygen atoms in total. The molecular weight excluding hydrogens is 350 g/mol. The SMILES string of the molecule is CCCNC(=O)NC(=O)COC(=O)C(C)Sc1ccc([N+](=O)[O-])cc1. The molecule has 0 aliphatic heterocycles. The lowest BCUT2D eigenvalue weighted by Crippen LogP contribution is -2.41. The predicted octanol–water partition coefficient (Wildman–Crippen LogP) is 1.85. The fourth-order valence-corrected chi connectivity index (χ4v) is 2.46. The molecule has 10 heteroatoms. The summed E-state index contributed by atoms with van der Waals surface area (Å²) in [5.41, 5.74) is -0.0439. The number of urea groups is 1. The van der Waals surface area contributed by atoms with Crippen LogP contribution in [0.3, 0.4) is 0 Å². The van der Waals surface area contributed by atoms with Crippen molar-refractivity contribution in [3.8, 4) is 0 Å². The number of carbonyl (C=O) groups is 3. The fourth-order valence-electron chi connectivity index (χ4n) is 1.60. The maximum absolute atomic E-state index is 11.9. The Hall–Kier alpha value is -2.62. The topological polar surface area (TPSA) is 128 Å². The van der Waals surface area contributed by atoms with Crippen molar-refractivity contribution in [2.45, 2.75) is 30.4 Å².